The minimum Gasteiger partial charge on any atom is -0.350 e. The molecule has 0 saturated heterocycles. The topological polar surface area (TPSA) is 93.8 Å². The number of carbonyl (C=O) groups is 2. The number of hydrogen-bond acceptors (Lipinski definition) is 4. The second-order valence-electron chi connectivity index (χ2n) is 5.07. The van der Waals surface area contributed by atoms with Gasteiger partial charge in [-0.1, -0.05) is 0 Å². The van der Waals surface area contributed by atoms with Gasteiger partial charge in [-0.3, -0.25) is 19.0 Å². The Hall–Kier alpha value is -2.64. The summed E-state index contributed by atoms with van der Waals surface area (Å²) in [6.07, 6.45) is 1.53. The van der Waals surface area contributed by atoms with Crippen LogP contribution >= 0.6 is 0 Å². The molecule has 0 spiro atoms. The molecule has 0 saturated carbocycles. The maximum absolute atomic E-state index is 11.9. The molecule has 0 unspecified atom stereocenters. The van der Waals surface area contributed by atoms with Crippen LogP contribution in [0.5, 0.6) is 0 Å². The molecule has 2 N–H and O–H groups in total. The molecule has 0 bridgehead atoms. The molecule has 0 aliphatic heterocycles. The lowest BCUT2D eigenvalue weighted by atomic mass is 10.2. The van der Waals surface area contributed by atoms with Gasteiger partial charge in [0.25, 0.3) is 5.91 Å². The zero-order chi connectivity index (χ0) is 16.3. The minimum absolute atomic E-state index is 0.0810. The van der Waals surface area contributed by atoms with E-state index in [1.807, 2.05) is 20.9 Å². The van der Waals surface area contributed by atoms with E-state index < -0.39 is 0 Å². The predicted molar refractivity (Wildman–Crippen MR) is 80.1 cm³/mol. The van der Waals surface area contributed by atoms with E-state index in [4.69, 9.17) is 0 Å². The van der Waals surface area contributed by atoms with Crippen LogP contribution in [0.1, 0.15) is 27.4 Å². The molecule has 0 aliphatic carbocycles. The first-order chi connectivity index (χ1) is 10.4. The standard InChI is InChI=1S/C14H20N6O2/c1-9-11(10(2)19(3)18-9)7-15-13(21)8-16-14(22)12-5-6-17-20(12)4/h5-6H,7-8H2,1-4H3,(H,15,21)(H,16,22). The van der Waals surface area contributed by atoms with E-state index in [2.05, 4.69) is 20.8 Å². The van der Waals surface area contributed by atoms with E-state index in [-0.39, 0.29) is 18.4 Å². The highest BCUT2D eigenvalue weighted by atomic mass is 16.2. The molecule has 0 fully saturated rings. The van der Waals surface area contributed by atoms with E-state index in [9.17, 15) is 9.59 Å². The highest BCUT2D eigenvalue weighted by Crippen LogP contribution is 2.10. The van der Waals surface area contributed by atoms with E-state index in [1.54, 1.807) is 17.8 Å². The Morgan fingerprint density at radius 3 is 2.45 bits per heavy atom. The summed E-state index contributed by atoms with van der Waals surface area (Å²) in [5.74, 6) is -0.581. The Morgan fingerprint density at radius 2 is 1.91 bits per heavy atom. The normalized spacial score (nSPS) is 10.5. The van der Waals surface area contributed by atoms with E-state index in [1.165, 1.54) is 10.9 Å². The second-order valence-corrected chi connectivity index (χ2v) is 5.07. The molecule has 0 radical (unpaired) electrons. The number of nitrogens with zero attached hydrogens (tertiary/aromatic N) is 4. The van der Waals surface area contributed by atoms with Gasteiger partial charge in [0, 0.05) is 38.1 Å². The fourth-order valence-corrected chi connectivity index (χ4v) is 2.17. The van der Waals surface area contributed by atoms with Gasteiger partial charge in [0.1, 0.15) is 5.69 Å². The number of rotatable bonds is 5. The molecule has 2 amide bonds. The van der Waals surface area contributed by atoms with Crippen LogP contribution in [0.3, 0.4) is 0 Å². The Kier molecular flexibility index (Phi) is 4.59. The largest absolute Gasteiger partial charge is 0.350 e. The maximum atomic E-state index is 11.9. The number of amides is 2. The molecule has 2 aromatic heterocycles. The Bertz CT molecular complexity index is 700. The quantitative estimate of drug-likeness (QED) is 0.801. The van der Waals surface area contributed by atoms with Crippen LogP contribution in [0.4, 0.5) is 0 Å². The van der Waals surface area contributed by atoms with Gasteiger partial charge in [0.2, 0.25) is 5.91 Å². The van der Waals surface area contributed by atoms with Crippen molar-refractivity contribution in [2.24, 2.45) is 14.1 Å². The average Bonchev–Trinajstić information content (AvgIpc) is 2.99. The highest BCUT2D eigenvalue weighted by molar-refractivity contribution is 5.94. The summed E-state index contributed by atoms with van der Waals surface area (Å²) in [7, 11) is 3.53. The minimum atomic E-state index is -0.330. The SMILES string of the molecule is Cc1nn(C)c(C)c1CNC(=O)CNC(=O)c1ccnn1C. The van der Waals surface area contributed by atoms with Gasteiger partial charge in [0.15, 0.2) is 0 Å². The van der Waals surface area contributed by atoms with Crippen LogP contribution in [0.15, 0.2) is 12.3 Å². The van der Waals surface area contributed by atoms with Crippen molar-refractivity contribution in [2.45, 2.75) is 20.4 Å². The average molecular weight is 304 g/mol. The van der Waals surface area contributed by atoms with Crippen LogP contribution in [0.25, 0.3) is 0 Å². The molecule has 8 heteroatoms. The van der Waals surface area contributed by atoms with Gasteiger partial charge in [-0.15, -0.1) is 0 Å². The van der Waals surface area contributed by atoms with Crippen LogP contribution in [-0.2, 0) is 25.4 Å². The molecule has 0 aromatic carbocycles. The summed E-state index contributed by atoms with van der Waals surface area (Å²) in [5.41, 5.74) is 3.30. The molecule has 118 valence electrons. The molecule has 2 heterocycles. The number of aryl methyl sites for hydroxylation is 3. The van der Waals surface area contributed by atoms with Crippen molar-refractivity contribution in [1.82, 2.24) is 30.2 Å². The van der Waals surface area contributed by atoms with Crippen molar-refractivity contribution in [1.29, 1.82) is 0 Å². The van der Waals surface area contributed by atoms with E-state index in [0.717, 1.165) is 17.0 Å². The molecule has 22 heavy (non-hydrogen) atoms. The third-order valence-electron chi connectivity index (χ3n) is 3.58. The van der Waals surface area contributed by atoms with Crippen molar-refractivity contribution >= 4 is 11.8 Å². The molecule has 2 rings (SSSR count). The van der Waals surface area contributed by atoms with Gasteiger partial charge < -0.3 is 10.6 Å². The predicted octanol–water partition coefficient (Wildman–Crippen LogP) is -0.183. The Labute approximate surface area is 128 Å². The number of nitrogens with one attached hydrogen (secondary N) is 2. The van der Waals surface area contributed by atoms with Crippen LogP contribution in [0, 0.1) is 13.8 Å². The Morgan fingerprint density at radius 1 is 1.18 bits per heavy atom. The molecular formula is C14H20N6O2. The van der Waals surface area contributed by atoms with Gasteiger partial charge in [-0.25, -0.2) is 0 Å². The summed E-state index contributed by atoms with van der Waals surface area (Å²) in [6.45, 7) is 4.17. The molecule has 8 nitrogen and oxygen atoms in total. The molecular weight excluding hydrogens is 284 g/mol. The van der Waals surface area contributed by atoms with Crippen LogP contribution in [-0.4, -0.2) is 37.9 Å². The first-order valence-corrected chi connectivity index (χ1v) is 6.92. The first-order valence-electron chi connectivity index (χ1n) is 6.92. The Balaban J connectivity index is 1.84. The van der Waals surface area contributed by atoms with Gasteiger partial charge >= 0.3 is 0 Å². The fourth-order valence-electron chi connectivity index (χ4n) is 2.17. The lowest BCUT2D eigenvalue weighted by Crippen LogP contribution is -2.37. The summed E-state index contributed by atoms with van der Waals surface area (Å²) in [6, 6.07) is 1.59. The van der Waals surface area contributed by atoms with Crippen molar-refractivity contribution in [2.75, 3.05) is 6.54 Å². The lowest BCUT2D eigenvalue weighted by molar-refractivity contribution is -0.120. The number of carbonyl (C=O) groups excluding carboxylic acids is 2. The first kappa shape index (κ1) is 15.7. The number of hydrogen-bond donors (Lipinski definition) is 2. The fraction of sp³-hybridized carbons (Fsp3) is 0.429. The van der Waals surface area contributed by atoms with Crippen molar-refractivity contribution in [3.63, 3.8) is 0 Å². The molecule has 0 atom stereocenters. The van der Waals surface area contributed by atoms with Crippen molar-refractivity contribution < 1.29 is 9.59 Å². The van der Waals surface area contributed by atoms with Gasteiger partial charge in [-0.05, 0) is 19.9 Å². The molecule has 0 aliphatic rings. The lowest BCUT2D eigenvalue weighted by Gasteiger charge is -2.07. The second kappa shape index (κ2) is 6.42. The third kappa shape index (κ3) is 3.33. The van der Waals surface area contributed by atoms with Gasteiger partial charge in [-0.2, -0.15) is 10.2 Å². The maximum Gasteiger partial charge on any atom is 0.269 e. The summed E-state index contributed by atoms with van der Waals surface area (Å²) >= 11 is 0. The summed E-state index contributed by atoms with van der Waals surface area (Å²) in [5, 5.41) is 13.5. The molecule has 2 aromatic rings. The van der Waals surface area contributed by atoms with Crippen LogP contribution < -0.4 is 10.6 Å². The van der Waals surface area contributed by atoms with E-state index in [0.29, 0.717) is 12.2 Å². The smallest absolute Gasteiger partial charge is 0.269 e. The van der Waals surface area contributed by atoms with Crippen LogP contribution in [0.2, 0.25) is 0 Å². The van der Waals surface area contributed by atoms with E-state index >= 15 is 0 Å². The summed E-state index contributed by atoms with van der Waals surface area (Å²) < 4.78 is 3.23. The number of aromatic nitrogens is 4. The van der Waals surface area contributed by atoms with Gasteiger partial charge in [0.05, 0.1) is 12.2 Å². The van der Waals surface area contributed by atoms with Crippen molar-refractivity contribution in [3.05, 3.63) is 34.9 Å². The third-order valence-corrected chi connectivity index (χ3v) is 3.58. The zero-order valence-corrected chi connectivity index (χ0v) is 13.2. The zero-order valence-electron chi connectivity index (χ0n) is 13.2. The highest BCUT2D eigenvalue weighted by Gasteiger charge is 2.13. The monoisotopic (exact) mass is 304 g/mol. The van der Waals surface area contributed by atoms with Crippen molar-refractivity contribution in [3.8, 4) is 0 Å². The summed E-state index contributed by atoms with van der Waals surface area (Å²) in [4.78, 5) is 23.7.